The van der Waals surface area contributed by atoms with Gasteiger partial charge in [0.1, 0.15) is 43.6 Å². The molecule has 0 saturated carbocycles. The van der Waals surface area contributed by atoms with Gasteiger partial charge in [-0.25, -0.2) is 0 Å². The zero-order valence-corrected chi connectivity index (χ0v) is 31.0. The first kappa shape index (κ1) is 40.5. The van der Waals surface area contributed by atoms with E-state index in [1.165, 1.54) is 39.5 Å². The zero-order valence-electron chi connectivity index (χ0n) is 30.2. The average Bonchev–Trinajstić information content (AvgIpc) is 3.01. The van der Waals surface area contributed by atoms with Crippen LogP contribution in [0.5, 0.6) is 0 Å². The number of esters is 4. The molecule has 0 amide bonds. The topological polar surface area (TPSA) is 151 Å². The molecule has 0 N–H and O–H groups in total. The second-order valence-electron chi connectivity index (χ2n) is 13.4. The van der Waals surface area contributed by atoms with E-state index < -0.39 is 66.4 Å². The number of thioether (sulfide) groups is 1. The molecule has 3 saturated heterocycles. The van der Waals surface area contributed by atoms with Gasteiger partial charge in [-0.05, 0) is 23.5 Å². The molecular formula is C34H56O13S. The third-order valence-corrected chi connectivity index (χ3v) is 11.0. The Morgan fingerprint density at radius 2 is 0.958 bits per heavy atom. The van der Waals surface area contributed by atoms with Gasteiger partial charge in [0, 0.05) is 45.4 Å². The summed E-state index contributed by atoms with van der Waals surface area (Å²) in [5, 5.41) is 0. The monoisotopic (exact) mass is 704 g/mol. The fourth-order valence-corrected chi connectivity index (χ4v) is 7.64. The van der Waals surface area contributed by atoms with E-state index in [1.807, 2.05) is 27.7 Å². The van der Waals surface area contributed by atoms with Crippen LogP contribution in [-0.2, 0) is 61.8 Å². The Morgan fingerprint density at radius 1 is 0.521 bits per heavy atom. The first-order valence-corrected chi connectivity index (χ1v) is 18.1. The van der Waals surface area contributed by atoms with Crippen LogP contribution in [0, 0.1) is 35.5 Å². The number of carbonyl (C=O) groups is 4. The molecule has 0 radical (unpaired) electrons. The molecule has 13 nitrogen and oxygen atoms in total. The summed E-state index contributed by atoms with van der Waals surface area (Å²) in [4.78, 5) is 47.4. The second-order valence-corrected chi connectivity index (χ2v) is 14.8. The zero-order chi connectivity index (χ0) is 35.9. The van der Waals surface area contributed by atoms with Gasteiger partial charge >= 0.3 is 23.9 Å². The molecule has 0 aromatic heterocycles. The predicted molar refractivity (Wildman–Crippen MR) is 174 cm³/mol. The fourth-order valence-electron chi connectivity index (χ4n) is 6.60. The molecule has 14 heteroatoms. The molecule has 48 heavy (non-hydrogen) atoms. The normalized spacial score (nSPS) is 40.0. The molecule has 3 heterocycles. The van der Waals surface area contributed by atoms with Crippen molar-refractivity contribution in [3.63, 3.8) is 0 Å². The first-order chi connectivity index (χ1) is 22.5. The maximum Gasteiger partial charge on any atom is 0.303 e. The minimum atomic E-state index is -0.801. The van der Waals surface area contributed by atoms with Crippen molar-refractivity contribution in [1.29, 1.82) is 0 Å². The van der Waals surface area contributed by atoms with Crippen molar-refractivity contribution in [2.45, 2.75) is 131 Å². The summed E-state index contributed by atoms with van der Waals surface area (Å²) < 4.78 is 54.5. The van der Waals surface area contributed by atoms with Crippen LogP contribution in [0.15, 0.2) is 0 Å². The van der Waals surface area contributed by atoms with E-state index in [4.69, 9.17) is 42.6 Å². The molecular weight excluding hydrogens is 648 g/mol. The molecule has 0 aromatic carbocycles. The van der Waals surface area contributed by atoms with E-state index in [0.29, 0.717) is 5.75 Å². The Kier molecular flexibility index (Phi) is 15.4. The minimum Gasteiger partial charge on any atom is -0.463 e. The smallest absolute Gasteiger partial charge is 0.303 e. The van der Waals surface area contributed by atoms with E-state index in [2.05, 4.69) is 20.8 Å². The summed E-state index contributed by atoms with van der Waals surface area (Å²) in [6.07, 6.45) is -5.02. The lowest BCUT2D eigenvalue weighted by Gasteiger charge is -2.50. The highest BCUT2D eigenvalue weighted by atomic mass is 32.2. The quantitative estimate of drug-likeness (QED) is 0.200. The van der Waals surface area contributed by atoms with Crippen LogP contribution in [0.3, 0.4) is 0 Å². The fraction of sp³-hybridized carbons (Fsp3) is 0.882. The lowest BCUT2D eigenvalue weighted by molar-refractivity contribution is -0.344. The molecule has 6 unspecified atom stereocenters. The van der Waals surface area contributed by atoms with Crippen LogP contribution in [0.2, 0.25) is 0 Å². The summed E-state index contributed by atoms with van der Waals surface area (Å²) in [5.41, 5.74) is -0.486. The standard InChI is InChI=1S/C34H56O13S/c1-12-48-34-31(42-25(11)38)21(7)30(28(45-34)15-41-24(10)37)47-33-20(6)18(4)29(27(44-33)14-40-23(9)36)46-32-19(5)16(2)17(3)26(43-32)13-39-22(8)35/h16-21,26-34H,12-15H2,1-11H3/t16-,17-,18+,19?,20?,21-,26?,27?,28?,29-,30-,31?,32+,33+,34-/m0/s1. The van der Waals surface area contributed by atoms with Crippen molar-refractivity contribution >= 4 is 35.6 Å². The summed E-state index contributed by atoms with van der Waals surface area (Å²) in [5.74, 6) is -1.44. The highest BCUT2D eigenvalue weighted by molar-refractivity contribution is 7.99. The molecule has 276 valence electrons. The summed E-state index contributed by atoms with van der Waals surface area (Å²) in [6, 6.07) is 0. The van der Waals surface area contributed by atoms with Crippen LogP contribution in [0.1, 0.15) is 76.2 Å². The van der Waals surface area contributed by atoms with Gasteiger partial charge in [-0.15, -0.1) is 11.8 Å². The molecule has 0 spiro atoms. The highest BCUT2D eigenvalue weighted by Gasteiger charge is 2.52. The number of rotatable bonds is 13. The van der Waals surface area contributed by atoms with Crippen molar-refractivity contribution in [3.05, 3.63) is 0 Å². The Labute approximate surface area is 289 Å². The SMILES string of the molecule is CCS[C@@H]1OC(COC(C)=O)[C@@H](O[C@H]2OC(COC(C)=O)[C@@H](O[C@H]3OC(COC(C)=O)[C@@H](C)[C@H](C)C3C)[C@H](C)C2C)[C@H](C)C1OC(C)=O. The van der Waals surface area contributed by atoms with Gasteiger partial charge in [-0.1, -0.05) is 48.5 Å². The van der Waals surface area contributed by atoms with Crippen LogP contribution in [-0.4, -0.2) is 104 Å². The van der Waals surface area contributed by atoms with E-state index in [0.717, 1.165) is 0 Å². The molecule has 3 rings (SSSR count). The van der Waals surface area contributed by atoms with Crippen molar-refractivity contribution in [2.24, 2.45) is 35.5 Å². The molecule has 3 fully saturated rings. The minimum absolute atomic E-state index is 0.00819. The van der Waals surface area contributed by atoms with Crippen LogP contribution in [0.4, 0.5) is 0 Å². The first-order valence-electron chi connectivity index (χ1n) is 17.0. The van der Waals surface area contributed by atoms with Gasteiger partial charge in [-0.3, -0.25) is 19.2 Å². The second kappa shape index (κ2) is 18.3. The number of hydrogen-bond donors (Lipinski definition) is 0. The van der Waals surface area contributed by atoms with Gasteiger partial charge in [0.05, 0.1) is 18.3 Å². The van der Waals surface area contributed by atoms with Crippen molar-refractivity contribution < 1.29 is 61.8 Å². The van der Waals surface area contributed by atoms with E-state index in [9.17, 15) is 19.2 Å². The average molecular weight is 705 g/mol. The molecule has 3 aliphatic heterocycles. The van der Waals surface area contributed by atoms with Crippen molar-refractivity contribution in [3.8, 4) is 0 Å². The van der Waals surface area contributed by atoms with Gasteiger partial charge in [0.2, 0.25) is 0 Å². The van der Waals surface area contributed by atoms with Crippen LogP contribution in [0.25, 0.3) is 0 Å². The van der Waals surface area contributed by atoms with Gasteiger partial charge in [0.25, 0.3) is 0 Å². The summed E-state index contributed by atoms with van der Waals surface area (Å²) >= 11 is 1.50. The summed E-state index contributed by atoms with van der Waals surface area (Å²) in [6.45, 7) is 19.5. The Bertz CT molecular complexity index is 1090. The van der Waals surface area contributed by atoms with Gasteiger partial charge < -0.3 is 42.6 Å². The molecule has 3 aliphatic rings. The Hall–Kier alpha value is -1.97. The summed E-state index contributed by atoms with van der Waals surface area (Å²) in [7, 11) is 0. The molecule has 15 atom stereocenters. The maximum atomic E-state index is 12.1. The highest BCUT2D eigenvalue weighted by Crippen LogP contribution is 2.42. The lowest BCUT2D eigenvalue weighted by atomic mass is 9.78. The maximum absolute atomic E-state index is 12.1. The van der Waals surface area contributed by atoms with Crippen molar-refractivity contribution in [1.82, 2.24) is 0 Å². The van der Waals surface area contributed by atoms with E-state index >= 15 is 0 Å². The van der Waals surface area contributed by atoms with E-state index in [1.54, 1.807) is 0 Å². The predicted octanol–water partition coefficient (Wildman–Crippen LogP) is 4.12. The third-order valence-electron chi connectivity index (χ3n) is 9.98. The van der Waals surface area contributed by atoms with Gasteiger partial charge in [0.15, 0.2) is 12.6 Å². The van der Waals surface area contributed by atoms with Crippen LogP contribution < -0.4 is 0 Å². The molecule has 0 aliphatic carbocycles. The number of carbonyl (C=O) groups excluding carboxylic acids is 4. The van der Waals surface area contributed by atoms with Crippen molar-refractivity contribution in [2.75, 3.05) is 25.6 Å². The van der Waals surface area contributed by atoms with E-state index in [-0.39, 0.29) is 67.4 Å². The molecule has 0 aromatic rings. The number of ether oxygens (including phenoxy) is 9. The lowest BCUT2D eigenvalue weighted by Crippen LogP contribution is -2.60. The molecule has 0 bridgehead atoms. The Balaban J connectivity index is 1.87. The van der Waals surface area contributed by atoms with Crippen LogP contribution >= 0.6 is 11.8 Å². The number of hydrogen-bond acceptors (Lipinski definition) is 14. The largest absolute Gasteiger partial charge is 0.463 e. The van der Waals surface area contributed by atoms with Gasteiger partial charge in [-0.2, -0.15) is 0 Å². The Morgan fingerprint density at radius 3 is 1.44 bits per heavy atom. The third kappa shape index (κ3) is 10.5.